The van der Waals surface area contributed by atoms with Gasteiger partial charge < -0.3 is 5.32 Å². The number of nitrogens with one attached hydrogen (secondary N) is 1. The number of hydrogen-bond acceptors (Lipinski definition) is 3. The zero-order valence-electron chi connectivity index (χ0n) is 6.27. The summed E-state index contributed by atoms with van der Waals surface area (Å²) < 4.78 is 0. The van der Waals surface area contributed by atoms with E-state index in [0.717, 1.165) is 13.1 Å². The Morgan fingerprint density at radius 3 is 2.09 bits per heavy atom. The van der Waals surface area contributed by atoms with Crippen LogP contribution in [0, 0.1) is 5.41 Å². The molecule has 0 unspecified atom stereocenters. The molecule has 0 aromatic rings. The maximum absolute atomic E-state index is 5.65. The Morgan fingerprint density at radius 1 is 1.18 bits per heavy atom. The zero-order valence-corrected chi connectivity index (χ0v) is 6.27. The van der Waals surface area contributed by atoms with Gasteiger partial charge in [0.1, 0.15) is 0 Å². The average molecular weight is 157 g/mol. The van der Waals surface area contributed by atoms with Crippen molar-refractivity contribution in [2.75, 3.05) is 26.2 Å². The topological polar surface area (TPSA) is 41.3 Å². The van der Waals surface area contributed by atoms with Gasteiger partial charge in [-0.25, -0.2) is 5.01 Å². The second-order valence-corrected chi connectivity index (χ2v) is 3.64. The average Bonchev–Trinajstić information content (AvgIpc) is 1.86. The van der Waals surface area contributed by atoms with E-state index in [-0.39, 0.29) is 7.43 Å². The van der Waals surface area contributed by atoms with Gasteiger partial charge >= 0.3 is 0 Å². The molecular formula is C8H19N3. The lowest BCUT2D eigenvalue weighted by molar-refractivity contribution is 0.0555. The van der Waals surface area contributed by atoms with Crippen molar-refractivity contribution in [3.63, 3.8) is 0 Å². The van der Waals surface area contributed by atoms with Crippen molar-refractivity contribution in [1.82, 2.24) is 10.3 Å². The summed E-state index contributed by atoms with van der Waals surface area (Å²) in [5, 5.41) is 5.26. The van der Waals surface area contributed by atoms with Crippen LogP contribution in [-0.2, 0) is 0 Å². The second kappa shape index (κ2) is 3.09. The molecule has 3 N–H and O–H groups in total. The smallest absolute Gasteiger partial charge is 0.0134 e. The third-order valence-corrected chi connectivity index (χ3v) is 2.86. The molecule has 2 aliphatic heterocycles. The van der Waals surface area contributed by atoms with Crippen LogP contribution < -0.4 is 11.2 Å². The summed E-state index contributed by atoms with van der Waals surface area (Å²) in [5.74, 6) is 5.65. The monoisotopic (exact) mass is 157 g/mol. The van der Waals surface area contributed by atoms with Crippen LogP contribution in [-0.4, -0.2) is 31.2 Å². The van der Waals surface area contributed by atoms with Gasteiger partial charge in [0.25, 0.3) is 0 Å². The third kappa shape index (κ3) is 1.55. The standard InChI is InChI=1S/C7H15N3.CH4/c8-10-3-1-7(2-4-10)5-9-6-7;/h9H,1-6,8H2;1H4. The summed E-state index contributed by atoms with van der Waals surface area (Å²) in [5.41, 5.74) is 0.649. The Hall–Kier alpha value is -0.120. The molecule has 0 saturated carbocycles. The fourth-order valence-electron chi connectivity index (χ4n) is 1.83. The molecule has 0 aliphatic carbocycles. The SMILES string of the molecule is C.NN1CCC2(CC1)CNC2. The predicted molar refractivity (Wildman–Crippen MR) is 47.0 cm³/mol. The molecular weight excluding hydrogens is 138 g/mol. The first-order valence-corrected chi connectivity index (χ1v) is 4.01. The highest BCUT2D eigenvalue weighted by molar-refractivity contribution is 4.95. The van der Waals surface area contributed by atoms with E-state index in [9.17, 15) is 0 Å². The lowest BCUT2D eigenvalue weighted by Gasteiger charge is -2.47. The Labute approximate surface area is 68.9 Å². The van der Waals surface area contributed by atoms with Crippen LogP contribution in [0.1, 0.15) is 20.3 Å². The highest BCUT2D eigenvalue weighted by Crippen LogP contribution is 2.33. The molecule has 2 aliphatic rings. The fourth-order valence-corrected chi connectivity index (χ4v) is 1.83. The number of nitrogens with two attached hydrogens (primary N) is 1. The van der Waals surface area contributed by atoms with E-state index >= 15 is 0 Å². The molecule has 2 heterocycles. The summed E-state index contributed by atoms with van der Waals surface area (Å²) >= 11 is 0. The van der Waals surface area contributed by atoms with Crippen LogP contribution in [0.4, 0.5) is 0 Å². The quantitative estimate of drug-likeness (QED) is 0.493. The zero-order chi connectivity index (χ0) is 7.03. The minimum Gasteiger partial charge on any atom is -0.316 e. The summed E-state index contributed by atoms with van der Waals surface area (Å²) in [4.78, 5) is 0. The molecule has 0 radical (unpaired) electrons. The molecule has 1 spiro atoms. The summed E-state index contributed by atoms with van der Waals surface area (Å²) in [6.45, 7) is 4.62. The fraction of sp³-hybridized carbons (Fsp3) is 1.00. The minimum absolute atomic E-state index is 0. The Kier molecular flexibility index (Phi) is 2.52. The molecule has 2 fully saturated rings. The van der Waals surface area contributed by atoms with E-state index in [1.54, 1.807) is 0 Å². The van der Waals surface area contributed by atoms with Crippen molar-refractivity contribution in [2.24, 2.45) is 11.3 Å². The van der Waals surface area contributed by atoms with Crippen LogP contribution in [0.2, 0.25) is 0 Å². The van der Waals surface area contributed by atoms with Crippen molar-refractivity contribution < 1.29 is 0 Å². The van der Waals surface area contributed by atoms with Crippen LogP contribution in [0.15, 0.2) is 0 Å². The third-order valence-electron chi connectivity index (χ3n) is 2.86. The Morgan fingerprint density at radius 2 is 1.73 bits per heavy atom. The maximum atomic E-state index is 5.65. The highest BCUT2D eigenvalue weighted by Gasteiger charge is 2.38. The number of hydrogen-bond donors (Lipinski definition) is 2. The highest BCUT2D eigenvalue weighted by atomic mass is 15.4. The van der Waals surface area contributed by atoms with Crippen LogP contribution in [0.25, 0.3) is 0 Å². The van der Waals surface area contributed by atoms with Gasteiger partial charge in [-0.05, 0) is 18.3 Å². The lowest BCUT2D eigenvalue weighted by atomic mass is 9.74. The van der Waals surface area contributed by atoms with Gasteiger partial charge in [0.15, 0.2) is 0 Å². The summed E-state index contributed by atoms with van der Waals surface area (Å²) in [6, 6.07) is 0. The van der Waals surface area contributed by atoms with Crippen molar-refractivity contribution in [2.45, 2.75) is 20.3 Å². The van der Waals surface area contributed by atoms with E-state index in [1.807, 2.05) is 5.01 Å². The van der Waals surface area contributed by atoms with Gasteiger partial charge in [0.05, 0.1) is 0 Å². The van der Waals surface area contributed by atoms with Crippen molar-refractivity contribution >= 4 is 0 Å². The van der Waals surface area contributed by atoms with Gasteiger partial charge in [0.2, 0.25) is 0 Å². The second-order valence-electron chi connectivity index (χ2n) is 3.64. The molecule has 0 aromatic carbocycles. The molecule has 11 heavy (non-hydrogen) atoms. The molecule has 3 nitrogen and oxygen atoms in total. The molecule has 66 valence electrons. The summed E-state index contributed by atoms with van der Waals surface area (Å²) in [7, 11) is 0. The molecule has 3 heteroatoms. The van der Waals surface area contributed by atoms with E-state index in [4.69, 9.17) is 5.84 Å². The summed E-state index contributed by atoms with van der Waals surface area (Å²) in [6.07, 6.45) is 2.58. The predicted octanol–water partition coefficient (Wildman–Crippen LogP) is 0.182. The van der Waals surface area contributed by atoms with Gasteiger partial charge in [-0.15, -0.1) is 0 Å². The van der Waals surface area contributed by atoms with Gasteiger partial charge in [0, 0.05) is 26.2 Å². The molecule has 2 rings (SSSR count). The van der Waals surface area contributed by atoms with Gasteiger partial charge in [-0.2, -0.15) is 0 Å². The number of rotatable bonds is 0. The van der Waals surface area contributed by atoms with Crippen molar-refractivity contribution in [1.29, 1.82) is 0 Å². The van der Waals surface area contributed by atoms with Crippen molar-refractivity contribution in [3.8, 4) is 0 Å². The Bertz CT molecular complexity index is 121. The van der Waals surface area contributed by atoms with Gasteiger partial charge in [-0.1, -0.05) is 7.43 Å². The number of nitrogens with zero attached hydrogens (tertiary/aromatic N) is 1. The van der Waals surface area contributed by atoms with E-state index in [2.05, 4.69) is 5.32 Å². The molecule has 0 atom stereocenters. The molecule has 2 saturated heterocycles. The van der Waals surface area contributed by atoms with E-state index in [0.29, 0.717) is 5.41 Å². The van der Waals surface area contributed by atoms with Crippen LogP contribution in [0.3, 0.4) is 0 Å². The first-order chi connectivity index (χ1) is 4.81. The van der Waals surface area contributed by atoms with Crippen LogP contribution >= 0.6 is 0 Å². The molecule has 0 aromatic heterocycles. The minimum atomic E-state index is 0. The lowest BCUT2D eigenvalue weighted by Crippen LogP contribution is -2.59. The number of piperidine rings is 1. The normalized spacial score (nSPS) is 29.2. The van der Waals surface area contributed by atoms with Crippen molar-refractivity contribution in [3.05, 3.63) is 0 Å². The van der Waals surface area contributed by atoms with Gasteiger partial charge in [-0.3, -0.25) is 5.84 Å². The largest absolute Gasteiger partial charge is 0.316 e. The van der Waals surface area contributed by atoms with Crippen LogP contribution in [0.5, 0.6) is 0 Å². The first-order valence-electron chi connectivity index (χ1n) is 4.01. The number of hydrazine groups is 1. The molecule has 0 amide bonds. The van der Waals surface area contributed by atoms with E-state index in [1.165, 1.54) is 25.9 Å². The van der Waals surface area contributed by atoms with E-state index < -0.39 is 0 Å². The Balaban J connectivity index is 0.000000605. The maximum Gasteiger partial charge on any atom is 0.0134 e. The first kappa shape index (κ1) is 8.97. The molecule has 0 bridgehead atoms.